The van der Waals surface area contributed by atoms with Crippen LogP contribution in [0, 0.1) is 5.41 Å². The van der Waals surface area contributed by atoms with Crippen LogP contribution in [-0.4, -0.2) is 45.5 Å². The Morgan fingerprint density at radius 1 is 1.36 bits per heavy atom. The van der Waals surface area contributed by atoms with E-state index in [0.29, 0.717) is 12.7 Å². The van der Waals surface area contributed by atoms with Crippen molar-refractivity contribution in [3.05, 3.63) is 0 Å². The second kappa shape index (κ2) is 2.46. The molecule has 0 bridgehead atoms. The molecular formula is C8H9NO5. The molecule has 0 spiro atoms. The fourth-order valence-corrected chi connectivity index (χ4v) is 2.22. The number of rotatable bonds is 2. The van der Waals surface area contributed by atoms with Gasteiger partial charge in [0.05, 0.1) is 5.41 Å². The van der Waals surface area contributed by atoms with Gasteiger partial charge in [0, 0.05) is 6.04 Å². The summed E-state index contributed by atoms with van der Waals surface area (Å²) in [6.07, 6.45) is 0.00924. The van der Waals surface area contributed by atoms with Crippen LogP contribution < -0.4 is 0 Å². The van der Waals surface area contributed by atoms with E-state index < -0.39 is 29.6 Å². The van der Waals surface area contributed by atoms with Crippen molar-refractivity contribution in [2.75, 3.05) is 0 Å². The molecule has 6 nitrogen and oxygen atoms in total. The van der Waals surface area contributed by atoms with Gasteiger partial charge in [-0.1, -0.05) is 0 Å². The summed E-state index contributed by atoms with van der Waals surface area (Å²) in [5.41, 5.74) is -0.707. The number of hydrogen-bond donors (Lipinski definition) is 2. The largest absolute Gasteiger partial charge is 0.480 e. The van der Waals surface area contributed by atoms with E-state index in [-0.39, 0.29) is 6.42 Å². The van der Waals surface area contributed by atoms with Crippen LogP contribution in [0.3, 0.4) is 0 Å². The third-order valence-electron chi connectivity index (χ3n) is 3.06. The summed E-state index contributed by atoms with van der Waals surface area (Å²) in [7, 11) is 0. The second-order valence-electron chi connectivity index (χ2n) is 3.82. The maximum atomic E-state index is 10.8. The Bertz CT molecular complexity index is 328. The number of amides is 1. The fourth-order valence-electron chi connectivity index (χ4n) is 2.22. The quantitative estimate of drug-likeness (QED) is 0.599. The molecule has 14 heavy (non-hydrogen) atoms. The van der Waals surface area contributed by atoms with Gasteiger partial charge in [-0.15, -0.1) is 0 Å². The molecule has 0 aromatic rings. The second-order valence-corrected chi connectivity index (χ2v) is 3.82. The summed E-state index contributed by atoms with van der Waals surface area (Å²) >= 11 is 0. The highest BCUT2D eigenvalue weighted by atomic mass is 16.4. The van der Waals surface area contributed by atoms with E-state index in [1.54, 1.807) is 0 Å². The summed E-state index contributed by atoms with van der Waals surface area (Å²) in [4.78, 5) is 33.1. The number of piperidine rings is 1. The Morgan fingerprint density at radius 3 is 2.36 bits per heavy atom. The lowest BCUT2D eigenvalue weighted by atomic mass is 10.0. The molecule has 0 aromatic carbocycles. The first-order valence-corrected chi connectivity index (χ1v) is 4.22. The molecule has 76 valence electrons. The predicted octanol–water partition coefficient (Wildman–Crippen LogP) is -0.219. The minimum atomic E-state index is -1.26. The number of carboxylic acid groups (broad SMARTS) is 2. The van der Waals surface area contributed by atoms with Gasteiger partial charge < -0.3 is 15.0 Å². The molecule has 1 saturated heterocycles. The zero-order chi connectivity index (χ0) is 10.5. The molecule has 2 N–H and O–H groups in total. The van der Waals surface area contributed by atoms with Crippen molar-refractivity contribution >= 4 is 18.3 Å². The average molecular weight is 199 g/mol. The Hall–Kier alpha value is -1.59. The number of carbonyl (C=O) groups excluding carboxylic acids is 1. The Kier molecular flexibility index (Phi) is 1.58. The molecule has 1 aliphatic heterocycles. The maximum Gasteiger partial charge on any atom is 0.408 e. The van der Waals surface area contributed by atoms with E-state index in [9.17, 15) is 14.4 Å². The van der Waals surface area contributed by atoms with Crippen LogP contribution >= 0.6 is 0 Å². The predicted molar refractivity (Wildman–Crippen MR) is 42.8 cm³/mol. The molecule has 0 aromatic heterocycles. The van der Waals surface area contributed by atoms with Gasteiger partial charge in [-0.25, -0.2) is 9.59 Å². The van der Waals surface area contributed by atoms with Crippen molar-refractivity contribution in [1.29, 1.82) is 0 Å². The molecule has 3 atom stereocenters. The molecule has 1 aliphatic carbocycles. The molecular weight excluding hydrogens is 190 g/mol. The van der Waals surface area contributed by atoms with E-state index >= 15 is 0 Å². The Balaban J connectivity index is 2.26. The molecule has 2 fully saturated rings. The summed E-state index contributed by atoms with van der Waals surface area (Å²) in [6, 6.07) is -1.48. The third kappa shape index (κ3) is 0.934. The summed E-state index contributed by atoms with van der Waals surface area (Å²) in [5.74, 6) is -1.18. The number of likely N-dealkylation sites (tertiary alicyclic amines) is 1. The first kappa shape index (κ1) is 8.98. The van der Waals surface area contributed by atoms with E-state index in [0.717, 1.165) is 4.90 Å². The highest BCUT2D eigenvalue weighted by Crippen LogP contribution is 2.57. The van der Waals surface area contributed by atoms with Crippen LogP contribution in [0.2, 0.25) is 0 Å². The number of carboxylic acids is 1. The van der Waals surface area contributed by atoms with Crippen molar-refractivity contribution in [1.82, 2.24) is 4.90 Å². The van der Waals surface area contributed by atoms with Gasteiger partial charge >= 0.3 is 12.1 Å². The summed E-state index contributed by atoms with van der Waals surface area (Å²) in [6.45, 7) is 0. The van der Waals surface area contributed by atoms with Crippen molar-refractivity contribution in [3.63, 3.8) is 0 Å². The van der Waals surface area contributed by atoms with Crippen molar-refractivity contribution in [3.8, 4) is 0 Å². The van der Waals surface area contributed by atoms with E-state index in [4.69, 9.17) is 10.2 Å². The number of aldehydes is 1. The molecule has 0 unspecified atom stereocenters. The van der Waals surface area contributed by atoms with Gasteiger partial charge in [-0.2, -0.15) is 0 Å². The highest BCUT2D eigenvalue weighted by molar-refractivity contribution is 5.84. The molecule has 6 heteroatoms. The molecule has 1 heterocycles. The first-order valence-electron chi connectivity index (χ1n) is 4.22. The lowest BCUT2D eigenvalue weighted by Gasteiger charge is -2.20. The van der Waals surface area contributed by atoms with Gasteiger partial charge in [-0.05, 0) is 12.8 Å². The molecule has 0 radical (unpaired) electrons. The zero-order valence-electron chi connectivity index (χ0n) is 7.21. The Labute approximate surface area is 79.1 Å². The fraction of sp³-hybridized carbons (Fsp3) is 0.625. The highest BCUT2D eigenvalue weighted by Gasteiger charge is 2.68. The van der Waals surface area contributed by atoms with Gasteiger partial charge in [0.1, 0.15) is 12.3 Å². The van der Waals surface area contributed by atoms with Gasteiger partial charge in [0.2, 0.25) is 0 Å². The number of nitrogens with zero attached hydrogens (tertiary/aromatic N) is 1. The van der Waals surface area contributed by atoms with Gasteiger partial charge in [0.15, 0.2) is 0 Å². The molecule has 1 saturated carbocycles. The van der Waals surface area contributed by atoms with Crippen molar-refractivity contribution in [2.24, 2.45) is 5.41 Å². The lowest BCUT2D eigenvalue weighted by molar-refractivity contribution is -0.142. The average Bonchev–Trinajstić information content (AvgIpc) is 2.71. The monoisotopic (exact) mass is 199 g/mol. The topological polar surface area (TPSA) is 94.9 Å². The lowest BCUT2D eigenvalue weighted by Crippen LogP contribution is -2.42. The van der Waals surface area contributed by atoms with Gasteiger partial charge in [-0.3, -0.25) is 4.90 Å². The van der Waals surface area contributed by atoms with Crippen molar-refractivity contribution in [2.45, 2.75) is 24.9 Å². The van der Waals surface area contributed by atoms with Crippen LogP contribution in [0.25, 0.3) is 0 Å². The van der Waals surface area contributed by atoms with Gasteiger partial charge in [0.25, 0.3) is 0 Å². The summed E-state index contributed by atoms with van der Waals surface area (Å²) < 4.78 is 0. The summed E-state index contributed by atoms with van der Waals surface area (Å²) in [5, 5.41) is 17.5. The van der Waals surface area contributed by atoms with E-state index in [1.165, 1.54) is 0 Å². The van der Waals surface area contributed by atoms with Crippen LogP contribution in [0.4, 0.5) is 4.79 Å². The minimum absolute atomic E-state index is 0.114. The molecule has 1 amide bonds. The number of fused-ring (bicyclic) bond motifs is 1. The normalized spacial score (nSPS) is 39.0. The Morgan fingerprint density at radius 2 is 2.00 bits per heavy atom. The number of carbonyl (C=O) groups is 3. The SMILES string of the molecule is O=C[C@@]12C[C@@H]1N(C(=O)O)[C@H](C(=O)O)C2. The zero-order valence-corrected chi connectivity index (χ0v) is 7.21. The van der Waals surface area contributed by atoms with Crippen LogP contribution in [0.15, 0.2) is 0 Å². The third-order valence-corrected chi connectivity index (χ3v) is 3.06. The molecule has 2 rings (SSSR count). The number of aliphatic carboxylic acids is 1. The smallest absolute Gasteiger partial charge is 0.408 e. The van der Waals surface area contributed by atoms with Crippen LogP contribution in [-0.2, 0) is 9.59 Å². The number of hydrogen-bond acceptors (Lipinski definition) is 3. The minimum Gasteiger partial charge on any atom is -0.480 e. The van der Waals surface area contributed by atoms with Crippen LogP contribution in [0.1, 0.15) is 12.8 Å². The first-order chi connectivity index (χ1) is 6.52. The van der Waals surface area contributed by atoms with Crippen LogP contribution in [0.5, 0.6) is 0 Å². The maximum absolute atomic E-state index is 10.8. The van der Waals surface area contributed by atoms with E-state index in [1.807, 2.05) is 0 Å². The van der Waals surface area contributed by atoms with E-state index in [2.05, 4.69) is 0 Å². The van der Waals surface area contributed by atoms with Crippen molar-refractivity contribution < 1.29 is 24.6 Å². The standard InChI is InChI=1S/C8H9NO5/c10-3-8-1-4(6(11)12)9(7(13)14)5(8)2-8/h3-5H,1-2H2,(H,11,12)(H,13,14)/t4-,5-,8+/m0/s1. The molecule has 2 aliphatic rings.